The van der Waals surface area contributed by atoms with Gasteiger partial charge in [-0.25, -0.2) is 0 Å². The standard InChI is InChI=1S/C10H12F3NO2.ClH/c1-15-6-3-4-7(8(5-6)16-2)9(14)10(11,12)13;/h3-5,9H,14H2,1-2H3;1H/t9-;/m0./s1. The Kier molecular flexibility index (Phi) is 5.57. The number of hydrogen-bond donors (Lipinski definition) is 1. The topological polar surface area (TPSA) is 44.5 Å². The highest BCUT2D eigenvalue weighted by Crippen LogP contribution is 2.36. The van der Waals surface area contributed by atoms with Crippen LogP contribution in [0, 0.1) is 0 Å². The van der Waals surface area contributed by atoms with E-state index in [1.54, 1.807) is 0 Å². The van der Waals surface area contributed by atoms with Crippen molar-refractivity contribution < 1.29 is 22.6 Å². The van der Waals surface area contributed by atoms with Gasteiger partial charge in [-0.15, -0.1) is 12.4 Å². The number of alkyl halides is 3. The van der Waals surface area contributed by atoms with E-state index in [2.05, 4.69) is 0 Å². The monoisotopic (exact) mass is 271 g/mol. The molecule has 1 rings (SSSR count). The van der Waals surface area contributed by atoms with Crippen LogP contribution in [-0.4, -0.2) is 20.4 Å². The third kappa shape index (κ3) is 3.67. The third-order valence-corrected chi connectivity index (χ3v) is 2.13. The highest BCUT2D eigenvalue weighted by molar-refractivity contribution is 5.85. The molecule has 0 aromatic heterocycles. The molecule has 0 fully saturated rings. The maximum absolute atomic E-state index is 12.4. The zero-order valence-corrected chi connectivity index (χ0v) is 10.1. The summed E-state index contributed by atoms with van der Waals surface area (Å²) in [5.74, 6) is 0.471. The molecule has 0 radical (unpaired) electrons. The highest BCUT2D eigenvalue weighted by Gasteiger charge is 2.39. The Balaban J connectivity index is 0.00000256. The molecule has 0 aliphatic carbocycles. The van der Waals surface area contributed by atoms with Crippen molar-refractivity contribution in [3.05, 3.63) is 23.8 Å². The van der Waals surface area contributed by atoms with Crippen molar-refractivity contribution in [2.45, 2.75) is 12.2 Å². The molecule has 0 aliphatic rings. The van der Waals surface area contributed by atoms with E-state index in [-0.39, 0.29) is 23.7 Å². The first kappa shape index (κ1) is 15.9. The van der Waals surface area contributed by atoms with Gasteiger partial charge in [-0.3, -0.25) is 0 Å². The molecule has 0 unspecified atom stereocenters. The second kappa shape index (κ2) is 5.97. The van der Waals surface area contributed by atoms with Gasteiger partial charge in [0.25, 0.3) is 0 Å². The maximum Gasteiger partial charge on any atom is 0.407 e. The molecule has 0 heterocycles. The average molecular weight is 272 g/mol. The minimum Gasteiger partial charge on any atom is -0.497 e. The molecule has 1 atom stereocenters. The Morgan fingerprint density at radius 3 is 2.18 bits per heavy atom. The molecule has 0 bridgehead atoms. The van der Waals surface area contributed by atoms with Gasteiger partial charge in [0.05, 0.1) is 14.2 Å². The zero-order chi connectivity index (χ0) is 12.3. The highest BCUT2D eigenvalue weighted by atomic mass is 35.5. The smallest absolute Gasteiger partial charge is 0.407 e. The van der Waals surface area contributed by atoms with Crippen molar-refractivity contribution in [3.8, 4) is 11.5 Å². The molecule has 1 aromatic rings. The zero-order valence-electron chi connectivity index (χ0n) is 9.25. The Bertz CT molecular complexity index is 371. The summed E-state index contributed by atoms with van der Waals surface area (Å²) in [6.45, 7) is 0. The number of nitrogens with two attached hydrogens (primary N) is 1. The quantitative estimate of drug-likeness (QED) is 0.919. The van der Waals surface area contributed by atoms with E-state index in [1.807, 2.05) is 0 Å². The number of hydrogen-bond acceptors (Lipinski definition) is 3. The third-order valence-electron chi connectivity index (χ3n) is 2.13. The van der Waals surface area contributed by atoms with Gasteiger partial charge < -0.3 is 15.2 Å². The van der Waals surface area contributed by atoms with Gasteiger partial charge in [-0.2, -0.15) is 13.2 Å². The van der Waals surface area contributed by atoms with Crippen molar-refractivity contribution in [1.82, 2.24) is 0 Å². The van der Waals surface area contributed by atoms with Gasteiger partial charge >= 0.3 is 6.18 Å². The average Bonchev–Trinajstić information content (AvgIpc) is 2.26. The summed E-state index contributed by atoms with van der Waals surface area (Å²) < 4.78 is 47.0. The summed E-state index contributed by atoms with van der Waals surface area (Å²) in [6.07, 6.45) is -4.50. The summed E-state index contributed by atoms with van der Waals surface area (Å²) in [6, 6.07) is 1.95. The van der Waals surface area contributed by atoms with E-state index in [0.717, 1.165) is 0 Å². The van der Waals surface area contributed by atoms with Crippen molar-refractivity contribution >= 4 is 12.4 Å². The van der Waals surface area contributed by atoms with Crippen LogP contribution in [0.15, 0.2) is 18.2 Å². The fraction of sp³-hybridized carbons (Fsp3) is 0.400. The predicted molar refractivity (Wildman–Crippen MR) is 59.8 cm³/mol. The number of methoxy groups -OCH3 is 2. The van der Waals surface area contributed by atoms with Crippen LogP contribution in [0.5, 0.6) is 11.5 Å². The minimum atomic E-state index is -4.50. The number of halogens is 4. The molecule has 0 saturated carbocycles. The van der Waals surface area contributed by atoms with Crippen LogP contribution in [0.1, 0.15) is 11.6 Å². The van der Waals surface area contributed by atoms with E-state index in [0.29, 0.717) is 5.75 Å². The van der Waals surface area contributed by atoms with E-state index in [9.17, 15) is 13.2 Å². The lowest BCUT2D eigenvalue weighted by Crippen LogP contribution is -2.28. The molecule has 98 valence electrons. The van der Waals surface area contributed by atoms with E-state index >= 15 is 0 Å². The Morgan fingerprint density at radius 1 is 1.18 bits per heavy atom. The SMILES string of the molecule is COc1ccc([C@H](N)C(F)(F)F)c(OC)c1.Cl. The Hall–Kier alpha value is -1.14. The molecule has 7 heteroatoms. The van der Waals surface area contributed by atoms with E-state index in [1.165, 1.54) is 32.4 Å². The molecule has 0 amide bonds. The summed E-state index contributed by atoms with van der Waals surface area (Å²) in [4.78, 5) is 0. The second-order valence-electron chi connectivity index (χ2n) is 3.13. The Morgan fingerprint density at radius 2 is 1.76 bits per heavy atom. The molecule has 0 saturated heterocycles. The lowest BCUT2D eigenvalue weighted by atomic mass is 10.1. The van der Waals surface area contributed by atoms with Crippen molar-refractivity contribution in [2.75, 3.05) is 14.2 Å². The number of rotatable bonds is 3. The van der Waals surface area contributed by atoms with E-state index in [4.69, 9.17) is 15.2 Å². The first-order valence-corrected chi connectivity index (χ1v) is 4.44. The van der Waals surface area contributed by atoms with Crippen molar-refractivity contribution in [1.29, 1.82) is 0 Å². The van der Waals surface area contributed by atoms with Gasteiger partial charge in [0, 0.05) is 11.6 Å². The van der Waals surface area contributed by atoms with Crippen LogP contribution in [0.2, 0.25) is 0 Å². The van der Waals surface area contributed by atoms with Gasteiger partial charge in [0.2, 0.25) is 0 Å². The lowest BCUT2D eigenvalue weighted by Gasteiger charge is -2.18. The molecular formula is C10H13ClF3NO2. The number of ether oxygens (including phenoxy) is 2. The first-order valence-electron chi connectivity index (χ1n) is 4.44. The number of benzene rings is 1. The van der Waals surface area contributed by atoms with Crippen LogP contribution in [0.3, 0.4) is 0 Å². The van der Waals surface area contributed by atoms with Crippen molar-refractivity contribution in [3.63, 3.8) is 0 Å². The fourth-order valence-electron chi connectivity index (χ4n) is 1.25. The normalized spacial score (nSPS) is 12.6. The molecule has 3 nitrogen and oxygen atoms in total. The fourth-order valence-corrected chi connectivity index (χ4v) is 1.25. The van der Waals surface area contributed by atoms with Crippen LogP contribution < -0.4 is 15.2 Å². The van der Waals surface area contributed by atoms with Gasteiger partial charge in [0.15, 0.2) is 0 Å². The van der Waals surface area contributed by atoms with Crippen LogP contribution >= 0.6 is 12.4 Å². The van der Waals surface area contributed by atoms with Crippen LogP contribution in [0.4, 0.5) is 13.2 Å². The second-order valence-corrected chi connectivity index (χ2v) is 3.13. The predicted octanol–water partition coefficient (Wildman–Crippen LogP) is 2.69. The Labute approximate surface area is 103 Å². The molecule has 17 heavy (non-hydrogen) atoms. The van der Waals surface area contributed by atoms with Crippen molar-refractivity contribution in [2.24, 2.45) is 5.73 Å². The van der Waals surface area contributed by atoms with E-state index < -0.39 is 12.2 Å². The summed E-state index contributed by atoms with van der Waals surface area (Å²) >= 11 is 0. The molecule has 1 aromatic carbocycles. The largest absolute Gasteiger partial charge is 0.497 e. The summed E-state index contributed by atoms with van der Waals surface area (Å²) in [5, 5.41) is 0. The van der Waals surface area contributed by atoms with Gasteiger partial charge in [0.1, 0.15) is 17.5 Å². The molecular weight excluding hydrogens is 259 g/mol. The lowest BCUT2D eigenvalue weighted by molar-refractivity contribution is -0.149. The minimum absolute atomic E-state index is 0. The first-order chi connectivity index (χ1) is 7.40. The van der Waals surface area contributed by atoms with Gasteiger partial charge in [-0.1, -0.05) is 0 Å². The molecule has 0 spiro atoms. The molecule has 0 aliphatic heterocycles. The molecule has 2 N–H and O–H groups in total. The maximum atomic E-state index is 12.4. The van der Waals surface area contributed by atoms with Crippen LogP contribution in [-0.2, 0) is 0 Å². The van der Waals surface area contributed by atoms with Crippen LogP contribution in [0.25, 0.3) is 0 Å². The van der Waals surface area contributed by atoms with Gasteiger partial charge in [-0.05, 0) is 12.1 Å². The summed E-state index contributed by atoms with van der Waals surface area (Å²) in [7, 11) is 2.69. The summed E-state index contributed by atoms with van der Waals surface area (Å²) in [5.41, 5.74) is 4.98.